The summed E-state index contributed by atoms with van der Waals surface area (Å²) in [6.07, 6.45) is 0. The Kier molecular flexibility index (Phi) is 6.56. The number of hydrogen-bond acceptors (Lipinski definition) is 4. The molecule has 0 radical (unpaired) electrons. The average molecular weight is 715 g/mol. The van der Waals surface area contributed by atoms with E-state index >= 15 is 0 Å². The number of para-hydroxylation sites is 2. The maximum Gasteiger partial charge on any atom is 0.238 e. The van der Waals surface area contributed by atoms with Gasteiger partial charge in [0, 0.05) is 32.7 Å². The van der Waals surface area contributed by atoms with Gasteiger partial charge in [-0.3, -0.25) is 4.57 Å². The summed E-state index contributed by atoms with van der Waals surface area (Å²) in [7, 11) is 0. The summed E-state index contributed by atoms with van der Waals surface area (Å²) >= 11 is 0. The highest BCUT2D eigenvalue weighted by Crippen LogP contribution is 2.43. The van der Waals surface area contributed by atoms with Gasteiger partial charge in [-0.05, 0) is 73.8 Å². The molecule has 0 saturated carbocycles. The zero-order valence-electron chi connectivity index (χ0n) is 30.0. The van der Waals surface area contributed by atoms with Crippen molar-refractivity contribution in [2.45, 2.75) is 0 Å². The molecule has 0 bridgehead atoms. The van der Waals surface area contributed by atoms with Crippen LogP contribution >= 0.6 is 0 Å². The van der Waals surface area contributed by atoms with Gasteiger partial charge in [-0.1, -0.05) is 152 Å². The maximum absolute atomic E-state index is 6.54. The van der Waals surface area contributed by atoms with Crippen LogP contribution in [0.2, 0.25) is 0 Å². The van der Waals surface area contributed by atoms with Crippen LogP contribution in [0.3, 0.4) is 0 Å². The Morgan fingerprint density at radius 2 is 0.964 bits per heavy atom. The second-order valence-electron chi connectivity index (χ2n) is 14.4. The predicted octanol–water partition coefficient (Wildman–Crippen LogP) is 13.3. The minimum atomic E-state index is 0.549. The van der Waals surface area contributed by atoms with E-state index in [0.717, 1.165) is 82.2 Å². The molecule has 0 aliphatic carbocycles. The Morgan fingerprint density at radius 3 is 1.82 bits per heavy atom. The lowest BCUT2D eigenvalue weighted by atomic mass is 9.94. The third-order valence-electron chi connectivity index (χ3n) is 11.2. The third kappa shape index (κ3) is 4.58. The molecule has 5 nitrogen and oxygen atoms in total. The number of furan rings is 1. The van der Waals surface area contributed by atoms with Crippen molar-refractivity contribution in [2.24, 2.45) is 0 Å². The Balaban J connectivity index is 1.23. The number of benzene rings is 9. The van der Waals surface area contributed by atoms with Gasteiger partial charge in [0.1, 0.15) is 11.2 Å². The molecule has 0 spiro atoms. The second-order valence-corrected chi connectivity index (χ2v) is 14.4. The Labute approximate surface area is 320 Å². The highest BCUT2D eigenvalue weighted by atomic mass is 16.3. The first-order valence-electron chi connectivity index (χ1n) is 18.9. The highest BCUT2D eigenvalue weighted by Gasteiger charge is 2.24. The largest absolute Gasteiger partial charge is 0.456 e. The SMILES string of the molecule is c1ccc(-c2cccc3ccccc23)c(-c2nc(-c3c4ccccc4cc4oc5ccccc5c34)nc(-n3c4ccccc4c4cc5ccccc5cc43)n2)c1. The van der Waals surface area contributed by atoms with Crippen LogP contribution in [-0.4, -0.2) is 19.5 Å². The predicted molar refractivity (Wildman–Crippen MR) is 230 cm³/mol. The average Bonchev–Trinajstić information content (AvgIpc) is 3.79. The zero-order chi connectivity index (χ0) is 36.7. The quantitative estimate of drug-likeness (QED) is 0.182. The van der Waals surface area contributed by atoms with Gasteiger partial charge in [-0.25, -0.2) is 4.98 Å². The lowest BCUT2D eigenvalue weighted by Crippen LogP contribution is -2.07. The number of fused-ring (bicyclic) bond motifs is 9. The molecule has 260 valence electrons. The standard InChI is InChI=1S/C51H30N4O/c1-2-16-33-29-44-42(28-32(33)15-1)39-22-9-11-26-43(39)55(44)51-53-49(40-23-8-7-21-38(40)37-25-13-18-31-14-3-5-19-35(31)37)52-50(54-51)48-36-20-6-4-17-34(36)30-46-47(48)41-24-10-12-27-45(41)56-46/h1-30H. The van der Waals surface area contributed by atoms with Gasteiger partial charge in [0.05, 0.1) is 11.0 Å². The monoisotopic (exact) mass is 714 g/mol. The van der Waals surface area contributed by atoms with Crippen molar-refractivity contribution in [3.05, 3.63) is 182 Å². The first-order valence-corrected chi connectivity index (χ1v) is 18.9. The van der Waals surface area contributed by atoms with E-state index in [1.165, 1.54) is 16.2 Å². The molecule has 56 heavy (non-hydrogen) atoms. The van der Waals surface area contributed by atoms with E-state index in [1.807, 2.05) is 12.1 Å². The van der Waals surface area contributed by atoms with Gasteiger partial charge < -0.3 is 4.42 Å². The van der Waals surface area contributed by atoms with Gasteiger partial charge in [0.15, 0.2) is 11.6 Å². The van der Waals surface area contributed by atoms with Crippen molar-refractivity contribution in [3.8, 4) is 39.9 Å². The van der Waals surface area contributed by atoms with Crippen LogP contribution in [0.15, 0.2) is 186 Å². The van der Waals surface area contributed by atoms with Gasteiger partial charge in [0.2, 0.25) is 5.95 Å². The Bertz CT molecular complexity index is 3550. The highest BCUT2D eigenvalue weighted by molar-refractivity contribution is 6.20. The van der Waals surface area contributed by atoms with E-state index in [2.05, 4.69) is 174 Å². The molecule has 0 N–H and O–H groups in total. The fourth-order valence-corrected chi connectivity index (χ4v) is 8.72. The molecular weight excluding hydrogens is 685 g/mol. The minimum absolute atomic E-state index is 0.549. The van der Waals surface area contributed by atoms with E-state index in [9.17, 15) is 0 Å². The van der Waals surface area contributed by atoms with E-state index in [0.29, 0.717) is 17.6 Å². The van der Waals surface area contributed by atoms with Gasteiger partial charge in [0.25, 0.3) is 0 Å². The summed E-state index contributed by atoms with van der Waals surface area (Å²) in [5.41, 5.74) is 7.70. The fourth-order valence-electron chi connectivity index (χ4n) is 8.72. The summed E-state index contributed by atoms with van der Waals surface area (Å²) in [5, 5.41) is 11.1. The third-order valence-corrected chi connectivity index (χ3v) is 11.2. The van der Waals surface area contributed by atoms with Crippen LogP contribution in [0.5, 0.6) is 0 Å². The number of nitrogens with zero attached hydrogens (tertiary/aromatic N) is 4. The van der Waals surface area contributed by atoms with Gasteiger partial charge in [-0.15, -0.1) is 0 Å². The van der Waals surface area contributed by atoms with Crippen LogP contribution < -0.4 is 0 Å². The van der Waals surface area contributed by atoms with Crippen LogP contribution in [0.4, 0.5) is 0 Å². The molecule has 0 amide bonds. The lowest BCUT2D eigenvalue weighted by molar-refractivity contribution is 0.669. The lowest BCUT2D eigenvalue weighted by Gasteiger charge is -2.15. The summed E-state index contributed by atoms with van der Waals surface area (Å²) in [4.78, 5) is 16.4. The zero-order valence-corrected chi connectivity index (χ0v) is 30.0. The summed E-state index contributed by atoms with van der Waals surface area (Å²) in [6.45, 7) is 0. The molecule has 3 aromatic heterocycles. The Morgan fingerprint density at radius 1 is 0.357 bits per heavy atom. The second kappa shape index (κ2) is 11.9. The number of hydrogen-bond donors (Lipinski definition) is 0. The minimum Gasteiger partial charge on any atom is -0.456 e. The van der Waals surface area contributed by atoms with E-state index in [-0.39, 0.29) is 0 Å². The van der Waals surface area contributed by atoms with E-state index in [4.69, 9.17) is 19.4 Å². The van der Waals surface area contributed by atoms with Crippen LogP contribution in [0.25, 0.3) is 116 Å². The molecule has 0 atom stereocenters. The van der Waals surface area contributed by atoms with Crippen LogP contribution in [0.1, 0.15) is 0 Å². The molecule has 12 aromatic rings. The smallest absolute Gasteiger partial charge is 0.238 e. The summed E-state index contributed by atoms with van der Waals surface area (Å²) < 4.78 is 8.75. The number of aromatic nitrogens is 4. The first-order chi connectivity index (χ1) is 27.8. The molecule has 0 aliphatic rings. The normalized spacial score (nSPS) is 11.9. The molecular formula is C51H30N4O. The Hall–Kier alpha value is -7.63. The first kappa shape index (κ1) is 30.8. The van der Waals surface area contributed by atoms with Crippen LogP contribution in [0, 0.1) is 0 Å². The van der Waals surface area contributed by atoms with Crippen molar-refractivity contribution < 1.29 is 4.42 Å². The molecule has 5 heteroatoms. The van der Waals surface area contributed by atoms with Crippen molar-refractivity contribution in [1.82, 2.24) is 19.5 Å². The fraction of sp³-hybridized carbons (Fsp3) is 0. The topological polar surface area (TPSA) is 56.7 Å². The van der Waals surface area contributed by atoms with Gasteiger partial charge in [-0.2, -0.15) is 9.97 Å². The van der Waals surface area contributed by atoms with Crippen molar-refractivity contribution >= 4 is 76.1 Å². The molecule has 12 rings (SSSR count). The summed E-state index contributed by atoms with van der Waals surface area (Å²) in [5.74, 6) is 1.72. The molecule has 0 aliphatic heterocycles. The summed E-state index contributed by atoms with van der Waals surface area (Å²) in [6, 6.07) is 63.8. The van der Waals surface area contributed by atoms with Crippen molar-refractivity contribution in [2.75, 3.05) is 0 Å². The molecule has 0 saturated heterocycles. The van der Waals surface area contributed by atoms with E-state index in [1.54, 1.807) is 0 Å². The molecule has 9 aromatic carbocycles. The van der Waals surface area contributed by atoms with E-state index < -0.39 is 0 Å². The molecule has 3 heterocycles. The maximum atomic E-state index is 6.54. The van der Waals surface area contributed by atoms with Crippen LogP contribution in [-0.2, 0) is 0 Å². The van der Waals surface area contributed by atoms with Gasteiger partial charge >= 0.3 is 0 Å². The molecule has 0 unspecified atom stereocenters. The molecule has 0 fully saturated rings. The van der Waals surface area contributed by atoms with Crippen molar-refractivity contribution in [3.63, 3.8) is 0 Å². The van der Waals surface area contributed by atoms with Crippen molar-refractivity contribution in [1.29, 1.82) is 0 Å². The number of rotatable bonds is 4.